The van der Waals surface area contributed by atoms with E-state index in [1.165, 1.54) is 49.4 Å². The molecule has 0 amide bonds. The summed E-state index contributed by atoms with van der Waals surface area (Å²) in [6.07, 6.45) is -9.87. The Morgan fingerprint density at radius 3 is 2.20 bits per heavy atom. The van der Waals surface area contributed by atoms with Crippen LogP contribution in [0.25, 0.3) is 6.08 Å². The van der Waals surface area contributed by atoms with Gasteiger partial charge in [0.15, 0.2) is 35.4 Å². The quantitative estimate of drug-likeness (QED) is 0.0702. The van der Waals surface area contributed by atoms with Gasteiger partial charge in [-0.05, 0) is 66.6 Å². The largest absolute Gasteiger partial charge is 0.508 e. The number of hydrogen-bond donors (Lipinski definition) is 9. The van der Waals surface area contributed by atoms with Crippen molar-refractivity contribution in [1.29, 1.82) is 0 Å². The summed E-state index contributed by atoms with van der Waals surface area (Å²) in [6.45, 7) is 0.691. The van der Waals surface area contributed by atoms with Crippen molar-refractivity contribution in [3.63, 3.8) is 0 Å². The average molecular weight is 639 g/mol. The lowest BCUT2D eigenvalue weighted by atomic mass is 9.98. The normalized spacial score (nSPS) is 22.7. The van der Waals surface area contributed by atoms with E-state index in [1.54, 1.807) is 12.1 Å². The molecule has 0 aromatic heterocycles. The number of rotatable bonds is 9. The molecule has 0 saturated carbocycles. The molecular formula is C33H34O13. The Hall–Kier alpha value is -4.81. The lowest BCUT2D eigenvalue weighted by Crippen LogP contribution is -2.61. The molecule has 1 aliphatic heterocycles. The summed E-state index contributed by atoms with van der Waals surface area (Å²) in [7, 11) is 0. The van der Waals surface area contributed by atoms with Crippen molar-refractivity contribution < 1.29 is 65.0 Å². The number of aliphatic hydroxyl groups is 4. The summed E-state index contributed by atoms with van der Waals surface area (Å²) in [5.74, 6) is 2.90. The highest BCUT2D eigenvalue weighted by atomic mass is 16.7. The zero-order valence-electron chi connectivity index (χ0n) is 24.5. The number of carbonyl (C=O) groups excluding carboxylic acids is 1. The van der Waals surface area contributed by atoms with Crippen molar-refractivity contribution in [2.45, 2.75) is 56.3 Å². The highest BCUT2D eigenvalue weighted by Crippen LogP contribution is 2.33. The molecule has 3 aromatic carbocycles. The molecule has 1 fully saturated rings. The monoisotopic (exact) mass is 638 g/mol. The summed E-state index contributed by atoms with van der Waals surface area (Å²) in [5, 5.41) is 91.1. The van der Waals surface area contributed by atoms with Crippen LogP contribution in [0.2, 0.25) is 0 Å². The van der Waals surface area contributed by atoms with Crippen LogP contribution in [-0.4, -0.2) is 95.3 Å². The van der Waals surface area contributed by atoms with E-state index in [2.05, 4.69) is 11.8 Å². The van der Waals surface area contributed by atoms with Crippen molar-refractivity contribution >= 4 is 12.0 Å². The van der Waals surface area contributed by atoms with Crippen molar-refractivity contribution in [3.8, 4) is 40.6 Å². The number of phenolic OH excluding ortho intramolecular Hbond substituents is 5. The van der Waals surface area contributed by atoms with E-state index < -0.39 is 72.7 Å². The molecule has 13 nitrogen and oxygen atoms in total. The second-order valence-corrected chi connectivity index (χ2v) is 10.6. The number of phenols is 5. The van der Waals surface area contributed by atoms with Gasteiger partial charge in [-0.3, -0.25) is 0 Å². The third kappa shape index (κ3) is 8.26. The molecular weight excluding hydrogens is 604 g/mol. The van der Waals surface area contributed by atoms with Crippen LogP contribution in [0.5, 0.6) is 28.7 Å². The van der Waals surface area contributed by atoms with Gasteiger partial charge in [0.25, 0.3) is 0 Å². The van der Waals surface area contributed by atoms with Gasteiger partial charge in [0.1, 0.15) is 36.3 Å². The first-order valence-electron chi connectivity index (χ1n) is 14.0. The molecule has 244 valence electrons. The van der Waals surface area contributed by atoms with Crippen molar-refractivity contribution in [1.82, 2.24) is 0 Å². The van der Waals surface area contributed by atoms with Crippen LogP contribution in [0.1, 0.15) is 36.1 Å². The van der Waals surface area contributed by atoms with Gasteiger partial charge in [0.2, 0.25) is 0 Å². The van der Waals surface area contributed by atoms with E-state index in [-0.39, 0.29) is 29.1 Å². The van der Waals surface area contributed by atoms with Gasteiger partial charge < -0.3 is 60.2 Å². The smallest absolute Gasteiger partial charge is 0.334 e. The first-order chi connectivity index (χ1) is 21.9. The van der Waals surface area contributed by atoms with E-state index in [0.29, 0.717) is 11.1 Å². The number of aromatic hydroxyl groups is 5. The van der Waals surface area contributed by atoms with Crippen molar-refractivity contribution in [2.24, 2.45) is 0 Å². The van der Waals surface area contributed by atoms with Crippen LogP contribution in [0.15, 0.2) is 66.2 Å². The van der Waals surface area contributed by atoms with Crippen LogP contribution < -0.4 is 0 Å². The van der Waals surface area contributed by atoms with Gasteiger partial charge in [-0.1, -0.05) is 30.0 Å². The Kier molecular flexibility index (Phi) is 11.1. The summed E-state index contributed by atoms with van der Waals surface area (Å²) >= 11 is 0. The fourth-order valence-corrected chi connectivity index (χ4v) is 4.59. The Labute approximate surface area is 263 Å². The van der Waals surface area contributed by atoms with Crippen molar-refractivity contribution in [3.05, 3.63) is 82.9 Å². The van der Waals surface area contributed by atoms with Crippen molar-refractivity contribution in [2.75, 3.05) is 6.61 Å². The molecule has 7 atom stereocenters. The number of hydrogen-bond acceptors (Lipinski definition) is 13. The second kappa shape index (κ2) is 15.0. The summed E-state index contributed by atoms with van der Waals surface area (Å²) in [6, 6.07) is 13.4. The van der Waals surface area contributed by atoms with Crippen LogP contribution in [0.3, 0.4) is 0 Å². The van der Waals surface area contributed by atoms with Gasteiger partial charge in [-0.2, -0.15) is 0 Å². The topological polar surface area (TPSA) is 227 Å². The summed E-state index contributed by atoms with van der Waals surface area (Å²) in [4.78, 5) is 13.1. The molecule has 1 heterocycles. The van der Waals surface area contributed by atoms with Crippen LogP contribution in [0, 0.1) is 11.8 Å². The lowest BCUT2D eigenvalue weighted by Gasteiger charge is -2.42. The molecule has 4 rings (SSSR count). The molecule has 1 saturated heterocycles. The molecule has 9 N–H and O–H groups in total. The minimum atomic E-state index is -1.80. The molecule has 3 aromatic rings. The average Bonchev–Trinajstić information content (AvgIpc) is 3.03. The Morgan fingerprint density at radius 1 is 0.913 bits per heavy atom. The zero-order valence-corrected chi connectivity index (χ0v) is 24.5. The third-order valence-electron chi connectivity index (χ3n) is 7.18. The molecule has 1 unspecified atom stereocenters. The lowest BCUT2D eigenvalue weighted by molar-refractivity contribution is -0.318. The third-order valence-corrected chi connectivity index (χ3v) is 7.18. The highest BCUT2D eigenvalue weighted by Gasteiger charge is 2.48. The fourth-order valence-electron chi connectivity index (χ4n) is 4.59. The predicted molar refractivity (Wildman–Crippen MR) is 160 cm³/mol. The second-order valence-electron chi connectivity index (χ2n) is 10.6. The Bertz CT molecular complexity index is 1610. The number of aliphatic hydroxyl groups excluding tert-OH is 4. The number of carbonyl (C=O) groups is 1. The first-order valence-corrected chi connectivity index (χ1v) is 14.0. The molecule has 46 heavy (non-hydrogen) atoms. The molecule has 0 spiro atoms. The van der Waals surface area contributed by atoms with E-state index >= 15 is 0 Å². The number of benzene rings is 3. The molecule has 0 radical (unpaired) electrons. The summed E-state index contributed by atoms with van der Waals surface area (Å²) in [5.41, 5.74) is 1.03. The first kappa shape index (κ1) is 34.1. The minimum Gasteiger partial charge on any atom is -0.508 e. The van der Waals surface area contributed by atoms with E-state index in [4.69, 9.17) is 14.2 Å². The van der Waals surface area contributed by atoms with Gasteiger partial charge in [0, 0.05) is 17.6 Å². The maximum atomic E-state index is 13.1. The SMILES string of the molecule is C/C(=C\c1ccc(O)cc1)C(=O)O[C@H]1[C@H](O[C@H](CC#Cc2ccc(O)c(O)c2)C(O)c2ccc(O)c(O)c2)O[C@H](CO)[C@@H](O)[C@@H]1O. The standard InChI is InChI=1S/C33H34O13/c1-17(13-19-5-9-21(35)10-6-19)32(43)46-31-30(42)29(41)27(16-34)45-33(31)44-26(28(40)20-8-12-23(37)25(39)15-20)4-2-3-18-7-11-22(36)24(38)14-18/h5-15,26-31,33-42H,4,16H2,1H3/b17-13+/t26-,27-,28?,29-,30+,31-,33-/m1/s1. The maximum Gasteiger partial charge on any atom is 0.334 e. The van der Waals surface area contributed by atoms with E-state index in [9.17, 15) is 50.8 Å². The number of ether oxygens (including phenoxy) is 3. The minimum absolute atomic E-state index is 0.0254. The molecule has 13 heteroatoms. The number of esters is 1. The predicted octanol–water partition coefficient (Wildman–Crippen LogP) is 1.53. The van der Waals surface area contributed by atoms with Gasteiger partial charge >= 0.3 is 5.97 Å². The summed E-state index contributed by atoms with van der Waals surface area (Å²) < 4.78 is 17.2. The van der Waals surface area contributed by atoms with Crippen LogP contribution in [0.4, 0.5) is 0 Å². The Morgan fingerprint density at radius 2 is 1.57 bits per heavy atom. The van der Waals surface area contributed by atoms with Gasteiger partial charge in [-0.25, -0.2) is 4.79 Å². The fraction of sp³-hybridized carbons (Fsp3) is 0.303. The van der Waals surface area contributed by atoms with E-state index in [0.717, 1.165) is 12.1 Å². The van der Waals surface area contributed by atoms with Crippen LogP contribution in [-0.2, 0) is 19.0 Å². The van der Waals surface area contributed by atoms with Crippen LogP contribution >= 0.6 is 0 Å². The maximum absolute atomic E-state index is 13.1. The highest BCUT2D eigenvalue weighted by molar-refractivity contribution is 5.93. The zero-order chi connectivity index (χ0) is 33.5. The van der Waals surface area contributed by atoms with E-state index in [1.807, 2.05) is 0 Å². The molecule has 0 aliphatic carbocycles. The Balaban J connectivity index is 1.64. The molecule has 1 aliphatic rings. The van der Waals surface area contributed by atoms with Gasteiger partial charge in [0.05, 0.1) is 6.61 Å². The molecule has 0 bridgehead atoms. The van der Waals surface area contributed by atoms with Gasteiger partial charge in [-0.15, -0.1) is 0 Å².